The SMILES string of the molecule is C[C@@H](NCc1ccc(F)cc1F)c1cccc(F)c1. The van der Waals surface area contributed by atoms with Gasteiger partial charge in [-0.05, 0) is 30.7 Å². The lowest BCUT2D eigenvalue weighted by atomic mass is 10.1. The monoisotopic (exact) mass is 265 g/mol. The van der Waals surface area contributed by atoms with Gasteiger partial charge in [-0.2, -0.15) is 0 Å². The summed E-state index contributed by atoms with van der Waals surface area (Å²) in [6, 6.07) is 9.56. The summed E-state index contributed by atoms with van der Waals surface area (Å²) in [5.74, 6) is -1.49. The van der Waals surface area contributed by atoms with E-state index in [4.69, 9.17) is 0 Å². The minimum atomic E-state index is -0.598. The molecular formula is C15H14F3N. The average Bonchev–Trinajstić information content (AvgIpc) is 2.37. The van der Waals surface area contributed by atoms with Gasteiger partial charge >= 0.3 is 0 Å². The maximum atomic E-state index is 13.4. The number of hydrogen-bond donors (Lipinski definition) is 1. The maximum absolute atomic E-state index is 13.4. The van der Waals surface area contributed by atoms with Gasteiger partial charge in [0.1, 0.15) is 17.5 Å². The van der Waals surface area contributed by atoms with Gasteiger partial charge in [0.25, 0.3) is 0 Å². The Morgan fingerprint density at radius 1 is 1.00 bits per heavy atom. The number of benzene rings is 2. The first kappa shape index (κ1) is 13.6. The van der Waals surface area contributed by atoms with Crippen molar-refractivity contribution in [2.75, 3.05) is 0 Å². The molecule has 0 spiro atoms. The normalized spacial score (nSPS) is 12.4. The van der Waals surface area contributed by atoms with E-state index in [1.165, 1.54) is 24.3 Å². The molecule has 0 aliphatic heterocycles. The average molecular weight is 265 g/mol. The fourth-order valence-electron chi connectivity index (χ4n) is 1.82. The molecular weight excluding hydrogens is 251 g/mol. The summed E-state index contributed by atoms with van der Waals surface area (Å²) in [5.41, 5.74) is 1.16. The second-order valence-corrected chi connectivity index (χ2v) is 4.39. The summed E-state index contributed by atoms with van der Waals surface area (Å²) in [4.78, 5) is 0. The molecule has 1 N–H and O–H groups in total. The molecule has 1 atom stereocenters. The molecule has 0 saturated heterocycles. The predicted molar refractivity (Wildman–Crippen MR) is 68.0 cm³/mol. The Bertz CT molecular complexity index is 569. The van der Waals surface area contributed by atoms with E-state index >= 15 is 0 Å². The lowest BCUT2D eigenvalue weighted by Gasteiger charge is -2.14. The van der Waals surface area contributed by atoms with E-state index in [2.05, 4.69) is 5.32 Å². The smallest absolute Gasteiger partial charge is 0.130 e. The molecule has 4 heteroatoms. The lowest BCUT2D eigenvalue weighted by molar-refractivity contribution is 0.531. The first-order chi connectivity index (χ1) is 9.06. The van der Waals surface area contributed by atoms with Crippen molar-refractivity contribution in [2.24, 2.45) is 0 Å². The summed E-state index contributed by atoms with van der Waals surface area (Å²) < 4.78 is 39.3. The highest BCUT2D eigenvalue weighted by atomic mass is 19.1. The van der Waals surface area contributed by atoms with Crippen LogP contribution in [0.5, 0.6) is 0 Å². The standard InChI is InChI=1S/C15H14F3N/c1-10(11-3-2-4-13(16)7-11)19-9-12-5-6-14(17)8-15(12)18/h2-8,10,19H,9H2,1H3/t10-/m1/s1. The van der Waals surface area contributed by atoms with Gasteiger partial charge in [0.05, 0.1) is 0 Å². The molecule has 0 aliphatic rings. The van der Waals surface area contributed by atoms with Crippen LogP contribution in [0.1, 0.15) is 24.1 Å². The molecule has 0 radical (unpaired) electrons. The van der Waals surface area contributed by atoms with E-state index in [9.17, 15) is 13.2 Å². The van der Waals surface area contributed by atoms with Crippen LogP contribution in [-0.4, -0.2) is 0 Å². The van der Waals surface area contributed by atoms with E-state index in [-0.39, 0.29) is 18.4 Å². The van der Waals surface area contributed by atoms with Crippen molar-refractivity contribution in [3.05, 3.63) is 71.0 Å². The molecule has 2 aromatic rings. The molecule has 0 unspecified atom stereocenters. The van der Waals surface area contributed by atoms with Crippen molar-refractivity contribution >= 4 is 0 Å². The Morgan fingerprint density at radius 3 is 2.42 bits per heavy atom. The second kappa shape index (κ2) is 5.89. The highest BCUT2D eigenvalue weighted by molar-refractivity contribution is 5.21. The third-order valence-corrected chi connectivity index (χ3v) is 2.96. The Morgan fingerprint density at radius 2 is 1.74 bits per heavy atom. The lowest BCUT2D eigenvalue weighted by Crippen LogP contribution is -2.19. The third kappa shape index (κ3) is 3.58. The zero-order valence-corrected chi connectivity index (χ0v) is 10.5. The summed E-state index contributed by atoms with van der Waals surface area (Å²) in [7, 11) is 0. The summed E-state index contributed by atoms with van der Waals surface area (Å²) in [5, 5.41) is 3.07. The molecule has 0 fully saturated rings. The summed E-state index contributed by atoms with van der Waals surface area (Å²) in [6.07, 6.45) is 0. The van der Waals surface area contributed by atoms with Gasteiger partial charge in [-0.25, -0.2) is 13.2 Å². The Labute approximate surface area is 110 Å². The maximum Gasteiger partial charge on any atom is 0.130 e. The van der Waals surface area contributed by atoms with Crippen LogP contribution in [0.3, 0.4) is 0 Å². The van der Waals surface area contributed by atoms with Crippen LogP contribution in [0.25, 0.3) is 0 Å². The highest BCUT2D eigenvalue weighted by Crippen LogP contribution is 2.15. The van der Waals surface area contributed by atoms with Crippen molar-refractivity contribution in [2.45, 2.75) is 19.5 Å². The van der Waals surface area contributed by atoms with Gasteiger partial charge in [-0.15, -0.1) is 0 Å². The van der Waals surface area contributed by atoms with Crippen molar-refractivity contribution in [1.82, 2.24) is 5.32 Å². The van der Waals surface area contributed by atoms with Gasteiger partial charge in [-0.3, -0.25) is 0 Å². The highest BCUT2D eigenvalue weighted by Gasteiger charge is 2.08. The Balaban J connectivity index is 2.02. The molecule has 19 heavy (non-hydrogen) atoms. The van der Waals surface area contributed by atoms with E-state index in [0.717, 1.165) is 11.6 Å². The van der Waals surface area contributed by atoms with E-state index in [1.54, 1.807) is 12.1 Å². The van der Waals surface area contributed by atoms with E-state index in [0.29, 0.717) is 5.56 Å². The Hall–Kier alpha value is -1.81. The molecule has 0 aromatic heterocycles. The quantitative estimate of drug-likeness (QED) is 0.882. The molecule has 0 saturated carbocycles. The van der Waals surface area contributed by atoms with Crippen LogP contribution in [-0.2, 0) is 6.54 Å². The minimum Gasteiger partial charge on any atom is -0.306 e. The minimum absolute atomic E-state index is 0.125. The van der Waals surface area contributed by atoms with Crippen molar-refractivity contribution in [3.8, 4) is 0 Å². The Kier molecular flexibility index (Phi) is 4.22. The van der Waals surface area contributed by atoms with Crippen LogP contribution in [0.4, 0.5) is 13.2 Å². The first-order valence-electron chi connectivity index (χ1n) is 5.99. The largest absolute Gasteiger partial charge is 0.306 e. The second-order valence-electron chi connectivity index (χ2n) is 4.39. The first-order valence-corrected chi connectivity index (χ1v) is 5.99. The zero-order valence-electron chi connectivity index (χ0n) is 10.5. The number of halogens is 3. The van der Waals surface area contributed by atoms with Gasteiger partial charge in [0.15, 0.2) is 0 Å². The van der Waals surface area contributed by atoms with Crippen LogP contribution in [0.2, 0.25) is 0 Å². The van der Waals surface area contributed by atoms with Crippen LogP contribution in [0.15, 0.2) is 42.5 Å². The molecule has 2 aromatic carbocycles. The fraction of sp³-hybridized carbons (Fsp3) is 0.200. The van der Waals surface area contributed by atoms with Crippen molar-refractivity contribution in [1.29, 1.82) is 0 Å². The molecule has 2 rings (SSSR count). The van der Waals surface area contributed by atoms with Gasteiger partial charge in [0, 0.05) is 24.2 Å². The van der Waals surface area contributed by atoms with Crippen molar-refractivity contribution in [3.63, 3.8) is 0 Å². The molecule has 0 aliphatic carbocycles. The molecule has 0 bridgehead atoms. The van der Waals surface area contributed by atoms with Crippen LogP contribution >= 0.6 is 0 Å². The third-order valence-electron chi connectivity index (χ3n) is 2.96. The van der Waals surface area contributed by atoms with Crippen LogP contribution in [0, 0.1) is 17.5 Å². The number of hydrogen-bond acceptors (Lipinski definition) is 1. The summed E-state index contributed by atoms with van der Waals surface area (Å²) >= 11 is 0. The van der Waals surface area contributed by atoms with Crippen molar-refractivity contribution < 1.29 is 13.2 Å². The zero-order chi connectivity index (χ0) is 13.8. The molecule has 1 nitrogen and oxygen atoms in total. The number of rotatable bonds is 4. The number of nitrogens with one attached hydrogen (secondary N) is 1. The molecule has 0 amide bonds. The molecule has 0 heterocycles. The van der Waals surface area contributed by atoms with Gasteiger partial charge < -0.3 is 5.32 Å². The van der Waals surface area contributed by atoms with Crippen LogP contribution < -0.4 is 5.32 Å². The molecule has 100 valence electrons. The van der Waals surface area contributed by atoms with E-state index in [1.807, 2.05) is 6.92 Å². The van der Waals surface area contributed by atoms with E-state index < -0.39 is 11.6 Å². The van der Waals surface area contributed by atoms with Gasteiger partial charge in [0.2, 0.25) is 0 Å². The topological polar surface area (TPSA) is 12.0 Å². The fourth-order valence-corrected chi connectivity index (χ4v) is 1.82. The summed E-state index contributed by atoms with van der Waals surface area (Å²) in [6.45, 7) is 2.11. The predicted octanol–water partition coefficient (Wildman–Crippen LogP) is 3.95. The van der Waals surface area contributed by atoms with Gasteiger partial charge in [-0.1, -0.05) is 18.2 Å².